The molecule has 1 aliphatic heterocycles. The Hall–Kier alpha value is -1.61. The Balaban J connectivity index is 1.82. The number of rotatable bonds is 1. The molecule has 1 aliphatic carbocycles. The summed E-state index contributed by atoms with van der Waals surface area (Å²) < 4.78 is 2.26. The highest BCUT2D eigenvalue weighted by molar-refractivity contribution is 5.69. The Morgan fingerprint density at radius 2 is 2.10 bits per heavy atom. The van der Waals surface area contributed by atoms with Crippen LogP contribution in [-0.2, 0) is 0 Å². The molecule has 3 atom stereocenters. The summed E-state index contributed by atoms with van der Waals surface area (Å²) in [6.07, 6.45) is 6.99. The summed E-state index contributed by atoms with van der Waals surface area (Å²) in [5.74, 6) is 0.269. The predicted molar refractivity (Wildman–Crippen MR) is 82.9 cm³/mol. The number of imidazole rings is 1. The molecular formula is C18H22N2O. The molecule has 0 radical (unpaired) electrons. The number of aliphatic hydroxyl groups excluding tert-OH is 1. The van der Waals surface area contributed by atoms with Crippen molar-refractivity contribution in [1.29, 1.82) is 0 Å². The Labute approximate surface area is 125 Å². The summed E-state index contributed by atoms with van der Waals surface area (Å²) in [6, 6.07) is 8.80. The summed E-state index contributed by atoms with van der Waals surface area (Å²) in [6.45, 7) is 4.39. The van der Waals surface area contributed by atoms with Gasteiger partial charge in [0.25, 0.3) is 0 Å². The minimum absolute atomic E-state index is 0.00119. The number of hydrogen-bond donors (Lipinski definition) is 1. The molecule has 1 aromatic carbocycles. The zero-order valence-corrected chi connectivity index (χ0v) is 12.7. The van der Waals surface area contributed by atoms with Gasteiger partial charge in [0.2, 0.25) is 0 Å². The fraction of sp³-hybridized carbons (Fsp3) is 0.500. The first-order valence-corrected chi connectivity index (χ1v) is 7.89. The van der Waals surface area contributed by atoms with Crippen molar-refractivity contribution in [3.8, 4) is 11.3 Å². The summed E-state index contributed by atoms with van der Waals surface area (Å²) in [5, 5.41) is 10.9. The summed E-state index contributed by atoms with van der Waals surface area (Å²) in [4.78, 5) is 4.33. The third-order valence-corrected chi connectivity index (χ3v) is 5.49. The van der Waals surface area contributed by atoms with Crippen LogP contribution < -0.4 is 0 Å². The van der Waals surface area contributed by atoms with Crippen molar-refractivity contribution in [2.75, 3.05) is 0 Å². The van der Waals surface area contributed by atoms with E-state index in [-0.39, 0.29) is 23.5 Å². The molecule has 0 amide bonds. The first-order valence-electron chi connectivity index (χ1n) is 7.89. The summed E-state index contributed by atoms with van der Waals surface area (Å²) in [5.41, 5.74) is 3.81. The molecular weight excluding hydrogens is 260 g/mol. The number of aliphatic hydroxyl groups is 1. The standard InChI is InChI=1S/C18H22N2O/c1-18(2)9-5-8-14(17(18)21)16-13-7-4-3-6-12(13)15-10-19-11-20(15)16/h3-4,6-7,10-11,14,16-17,21H,5,8-9H2,1-2H3/t14-,16+,17-/m1/s1. The molecule has 1 N–H and O–H groups in total. The number of fused-ring (bicyclic) bond motifs is 3. The maximum Gasteiger partial charge on any atom is 0.0956 e. The first-order chi connectivity index (χ1) is 10.1. The van der Waals surface area contributed by atoms with Crippen LogP contribution in [0.3, 0.4) is 0 Å². The molecule has 2 aromatic rings. The van der Waals surface area contributed by atoms with Crippen LogP contribution >= 0.6 is 0 Å². The lowest BCUT2D eigenvalue weighted by Gasteiger charge is -2.43. The minimum Gasteiger partial charge on any atom is -0.392 e. The van der Waals surface area contributed by atoms with Gasteiger partial charge in [0.1, 0.15) is 0 Å². The van der Waals surface area contributed by atoms with Crippen molar-refractivity contribution < 1.29 is 5.11 Å². The Morgan fingerprint density at radius 3 is 2.95 bits per heavy atom. The molecule has 0 saturated heterocycles. The maximum atomic E-state index is 10.9. The van der Waals surface area contributed by atoms with Gasteiger partial charge in [0, 0.05) is 11.5 Å². The second kappa shape index (κ2) is 4.44. The maximum absolute atomic E-state index is 10.9. The molecule has 110 valence electrons. The van der Waals surface area contributed by atoms with Gasteiger partial charge in [0.15, 0.2) is 0 Å². The molecule has 3 heteroatoms. The van der Waals surface area contributed by atoms with Crippen molar-refractivity contribution in [3.63, 3.8) is 0 Å². The van der Waals surface area contributed by atoms with Crippen molar-refractivity contribution >= 4 is 0 Å². The zero-order chi connectivity index (χ0) is 14.6. The lowest BCUT2D eigenvalue weighted by molar-refractivity contribution is -0.0443. The van der Waals surface area contributed by atoms with Gasteiger partial charge >= 0.3 is 0 Å². The summed E-state index contributed by atoms with van der Waals surface area (Å²) >= 11 is 0. The average molecular weight is 282 g/mol. The number of hydrogen-bond acceptors (Lipinski definition) is 2. The van der Waals surface area contributed by atoms with Gasteiger partial charge in [-0.2, -0.15) is 0 Å². The normalized spacial score (nSPS) is 30.0. The van der Waals surface area contributed by atoms with Crippen molar-refractivity contribution in [1.82, 2.24) is 9.55 Å². The van der Waals surface area contributed by atoms with E-state index in [2.05, 4.69) is 47.7 Å². The molecule has 0 spiro atoms. The van der Waals surface area contributed by atoms with Crippen LogP contribution in [0.4, 0.5) is 0 Å². The molecule has 21 heavy (non-hydrogen) atoms. The van der Waals surface area contributed by atoms with E-state index in [1.54, 1.807) is 0 Å². The van der Waals surface area contributed by atoms with E-state index in [1.807, 2.05) is 12.5 Å². The van der Waals surface area contributed by atoms with Gasteiger partial charge in [-0.15, -0.1) is 0 Å². The second-order valence-electron chi connectivity index (χ2n) is 7.21. The van der Waals surface area contributed by atoms with Gasteiger partial charge in [-0.05, 0) is 23.8 Å². The monoisotopic (exact) mass is 282 g/mol. The highest BCUT2D eigenvalue weighted by Crippen LogP contribution is 2.50. The van der Waals surface area contributed by atoms with Crippen LogP contribution in [0.2, 0.25) is 0 Å². The van der Waals surface area contributed by atoms with Gasteiger partial charge in [-0.1, -0.05) is 44.5 Å². The third-order valence-electron chi connectivity index (χ3n) is 5.49. The van der Waals surface area contributed by atoms with Crippen LogP contribution in [0.1, 0.15) is 44.7 Å². The molecule has 1 aromatic heterocycles. The van der Waals surface area contributed by atoms with E-state index < -0.39 is 0 Å². The van der Waals surface area contributed by atoms with Gasteiger partial charge in [0.05, 0.1) is 30.4 Å². The van der Waals surface area contributed by atoms with E-state index in [0.29, 0.717) is 0 Å². The third kappa shape index (κ3) is 1.80. The predicted octanol–water partition coefficient (Wildman–Crippen LogP) is 3.64. The van der Waals surface area contributed by atoms with Gasteiger partial charge < -0.3 is 9.67 Å². The minimum atomic E-state index is -0.266. The molecule has 3 nitrogen and oxygen atoms in total. The second-order valence-corrected chi connectivity index (χ2v) is 7.21. The van der Waals surface area contributed by atoms with Crippen molar-refractivity contribution in [3.05, 3.63) is 42.4 Å². The molecule has 2 aliphatic rings. The van der Waals surface area contributed by atoms with Crippen LogP contribution in [0.25, 0.3) is 11.3 Å². The van der Waals surface area contributed by atoms with Crippen LogP contribution in [0.5, 0.6) is 0 Å². The highest BCUT2D eigenvalue weighted by Gasteiger charge is 2.45. The Morgan fingerprint density at radius 1 is 1.29 bits per heavy atom. The number of benzene rings is 1. The molecule has 1 saturated carbocycles. The Kier molecular flexibility index (Phi) is 2.77. The van der Waals surface area contributed by atoms with E-state index >= 15 is 0 Å². The van der Waals surface area contributed by atoms with Crippen molar-refractivity contribution in [2.24, 2.45) is 11.3 Å². The van der Waals surface area contributed by atoms with Crippen molar-refractivity contribution in [2.45, 2.75) is 45.3 Å². The van der Waals surface area contributed by atoms with Gasteiger partial charge in [-0.3, -0.25) is 0 Å². The fourth-order valence-electron chi connectivity index (χ4n) is 4.32. The topological polar surface area (TPSA) is 38.0 Å². The lowest BCUT2D eigenvalue weighted by Crippen LogP contribution is -2.43. The van der Waals surface area contributed by atoms with Gasteiger partial charge in [-0.25, -0.2) is 4.98 Å². The number of aromatic nitrogens is 2. The van der Waals surface area contributed by atoms with E-state index in [4.69, 9.17) is 0 Å². The smallest absolute Gasteiger partial charge is 0.0956 e. The molecule has 4 rings (SSSR count). The molecule has 2 heterocycles. The molecule has 1 fully saturated rings. The Bertz CT molecular complexity index is 673. The lowest BCUT2D eigenvalue weighted by atomic mass is 9.66. The summed E-state index contributed by atoms with van der Waals surface area (Å²) in [7, 11) is 0. The SMILES string of the molecule is CC1(C)CCC[C@H]([C@@H]2c3ccccc3-c3cncn32)[C@H]1O. The highest BCUT2D eigenvalue weighted by atomic mass is 16.3. The van der Waals surface area contributed by atoms with E-state index in [9.17, 15) is 5.11 Å². The number of nitrogens with zero attached hydrogens (tertiary/aromatic N) is 2. The zero-order valence-electron chi connectivity index (χ0n) is 12.7. The fourth-order valence-corrected chi connectivity index (χ4v) is 4.32. The molecule has 0 bridgehead atoms. The largest absolute Gasteiger partial charge is 0.392 e. The molecule has 0 unspecified atom stereocenters. The van der Waals surface area contributed by atoms with E-state index in [1.165, 1.54) is 23.2 Å². The first kappa shape index (κ1) is 13.1. The average Bonchev–Trinajstić information content (AvgIpc) is 3.03. The van der Waals surface area contributed by atoms with Crippen LogP contribution in [0.15, 0.2) is 36.8 Å². The van der Waals surface area contributed by atoms with E-state index in [0.717, 1.165) is 12.8 Å². The van der Waals surface area contributed by atoms with Crippen LogP contribution in [-0.4, -0.2) is 20.8 Å². The quantitative estimate of drug-likeness (QED) is 0.867. The van der Waals surface area contributed by atoms with Crippen LogP contribution in [0, 0.1) is 11.3 Å².